The first-order chi connectivity index (χ1) is 10.8. The lowest BCUT2D eigenvalue weighted by Gasteiger charge is -2.26. The molecular formula is C17H17BrN4. The summed E-state index contributed by atoms with van der Waals surface area (Å²) in [5, 5.41) is 3.44. The number of aromatic nitrogens is 3. The highest BCUT2D eigenvalue weighted by molar-refractivity contribution is 9.10. The van der Waals surface area contributed by atoms with Gasteiger partial charge in [0.25, 0.3) is 0 Å². The highest BCUT2D eigenvalue weighted by Crippen LogP contribution is 2.32. The highest BCUT2D eigenvalue weighted by atomic mass is 79.9. The standard InChI is InChI=1S/C17H17BrN4/c18-12-4-5-16-15(11-12)21-17(14-3-1-2-8-20-14)22(16)13-6-9-19-10-7-13/h1-5,8,11,13,19H,6-7,9-10H2. The van der Waals surface area contributed by atoms with E-state index in [2.05, 4.69) is 49.0 Å². The molecule has 4 nitrogen and oxygen atoms in total. The Labute approximate surface area is 137 Å². The molecule has 22 heavy (non-hydrogen) atoms. The van der Waals surface area contributed by atoms with Crippen LogP contribution in [0.2, 0.25) is 0 Å². The zero-order valence-corrected chi connectivity index (χ0v) is 13.8. The molecule has 0 bridgehead atoms. The molecule has 1 N–H and O–H groups in total. The maximum Gasteiger partial charge on any atom is 0.160 e. The fraction of sp³-hybridized carbons (Fsp3) is 0.294. The van der Waals surface area contributed by atoms with Crippen LogP contribution in [0.1, 0.15) is 18.9 Å². The second kappa shape index (κ2) is 5.82. The Balaban J connectivity index is 1.93. The van der Waals surface area contributed by atoms with Crippen LogP contribution in [-0.4, -0.2) is 27.6 Å². The van der Waals surface area contributed by atoms with Crippen molar-refractivity contribution in [3.63, 3.8) is 0 Å². The van der Waals surface area contributed by atoms with Crippen molar-refractivity contribution in [2.24, 2.45) is 0 Å². The average molecular weight is 357 g/mol. The summed E-state index contributed by atoms with van der Waals surface area (Å²) in [5.41, 5.74) is 3.15. The van der Waals surface area contributed by atoms with E-state index in [1.807, 2.05) is 24.4 Å². The first kappa shape index (κ1) is 13.9. The monoisotopic (exact) mass is 356 g/mol. The third-order valence-corrected chi connectivity index (χ3v) is 4.71. The molecule has 0 radical (unpaired) electrons. The molecule has 0 amide bonds. The molecule has 1 saturated heterocycles. The van der Waals surface area contributed by atoms with Crippen molar-refractivity contribution in [3.05, 3.63) is 47.1 Å². The smallest absolute Gasteiger partial charge is 0.160 e. The zero-order valence-electron chi connectivity index (χ0n) is 12.2. The molecule has 4 rings (SSSR count). The topological polar surface area (TPSA) is 42.7 Å². The van der Waals surface area contributed by atoms with Crippen molar-refractivity contribution in [2.45, 2.75) is 18.9 Å². The van der Waals surface area contributed by atoms with E-state index in [9.17, 15) is 0 Å². The summed E-state index contributed by atoms with van der Waals surface area (Å²) in [6, 6.07) is 12.8. The minimum absolute atomic E-state index is 0.476. The number of imidazole rings is 1. The van der Waals surface area contributed by atoms with Crippen molar-refractivity contribution in [3.8, 4) is 11.5 Å². The normalized spacial score (nSPS) is 16.2. The van der Waals surface area contributed by atoms with Crippen molar-refractivity contribution in [2.75, 3.05) is 13.1 Å². The lowest BCUT2D eigenvalue weighted by molar-refractivity contribution is 0.377. The molecule has 0 spiro atoms. The number of pyridine rings is 1. The van der Waals surface area contributed by atoms with E-state index in [0.717, 1.165) is 47.4 Å². The third-order valence-electron chi connectivity index (χ3n) is 4.22. The molecule has 0 atom stereocenters. The Morgan fingerprint density at radius 1 is 1.14 bits per heavy atom. The predicted octanol–water partition coefficient (Wildman–Crippen LogP) is 3.79. The Hall–Kier alpha value is -1.72. The fourth-order valence-corrected chi connectivity index (χ4v) is 3.53. The number of nitrogens with one attached hydrogen (secondary N) is 1. The van der Waals surface area contributed by atoms with Gasteiger partial charge < -0.3 is 9.88 Å². The number of rotatable bonds is 2. The zero-order chi connectivity index (χ0) is 14.9. The van der Waals surface area contributed by atoms with Gasteiger partial charge in [0.15, 0.2) is 5.82 Å². The molecule has 0 aliphatic carbocycles. The number of piperidine rings is 1. The van der Waals surface area contributed by atoms with E-state index in [1.54, 1.807) is 0 Å². The van der Waals surface area contributed by atoms with Crippen LogP contribution in [0.25, 0.3) is 22.6 Å². The molecule has 5 heteroatoms. The van der Waals surface area contributed by atoms with E-state index >= 15 is 0 Å². The van der Waals surface area contributed by atoms with Gasteiger partial charge in [0.2, 0.25) is 0 Å². The Morgan fingerprint density at radius 3 is 2.77 bits per heavy atom. The second-order valence-electron chi connectivity index (χ2n) is 5.63. The highest BCUT2D eigenvalue weighted by Gasteiger charge is 2.22. The van der Waals surface area contributed by atoms with Gasteiger partial charge in [-0.3, -0.25) is 4.98 Å². The molecule has 3 heterocycles. The number of fused-ring (bicyclic) bond motifs is 1. The Bertz CT molecular complexity index is 791. The van der Waals surface area contributed by atoms with Gasteiger partial charge in [-0.25, -0.2) is 4.98 Å². The number of halogens is 1. The lowest BCUT2D eigenvalue weighted by Crippen LogP contribution is -2.29. The molecule has 0 unspecified atom stereocenters. The average Bonchev–Trinajstić information content (AvgIpc) is 2.95. The van der Waals surface area contributed by atoms with Crippen LogP contribution in [0.3, 0.4) is 0 Å². The van der Waals surface area contributed by atoms with Crippen LogP contribution < -0.4 is 5.32 Å². The molecule has 112 valence electrons. The molecule has 0 saturated carbocycles. The van der Waals surface area contributed by atoms with Crippen molar-refractivity contribution < 1.29 is 0 Å². The van der Waals surface area contributed by atoms with Gasteiger partial charge in [-0.2, -0.15) is 0 Å². The summed E-state index contributed by atoms with van der Waals surface area (Å²) >= 11 is 3.54. The van der Waals surface area contributed by atoms with Crippen LogP contribution >= 0.6 is 15.9 Å². The number of hydrogen-bond donors (Lipinski definition) is 1. The Morgan fingerprint density at radius 2 is 2.00 bits per heavy atom. The number of nitrogens with zero attached hydrogens (tertiary/aromatic N) is 3. The van der Waals surface area contributed by atoms with Crippen molar-refractivity contribution >= 4 is 27.0 Å². The third kappa shape index (κ3) is 2.44. The van der Waals surface area contributed by atoms with Crippen LogP contribution in [0, 0.1) is 0 Å². The molecule has 1 fully saturated rings. The van der Waals surface area contributed by atoms with Crippen LogP contribution in [0.4, 0.5) is 0 Å². The van der Waals surface area contributed by atoms with E-state index in [4.69, 9.17) is 4.98 Å². The summed E-state index contributed by atoms with van der Waals surface area (Å²) in [4.78, 5) is 9.38. The van der Waals surface area contributed by atoms with Gasteiger partial charge in [-0.1, -0.05) is 22.0 Å². The number of benzene rings is 1. The lowest BCUT2D eigenvalue weighted by atomic mass is 10.1. The first-order valence-corrected chi connectivity index (χ1v) is 8.42. The maximum absolute atomic E-state index is 4.87. The fourth-order valence-electron chi connectivity index (χ4n) is 3.18. The quantitative estimate of drug-likeness (QED) is 0.759. The molecule has 1 aromatic carbocycles. The maximum atomic E-state index is 4.87. The van der Waals surface area contributed by atoms with E-state index in [1.165, 1.54) is 5.52 Å². The van der Waals surface area contributed by atoms with Crippen LogP contribution in [0.5, 0.6) is 0 Å². The van der Waals surface area contributed by atoms with Gasteiger partial charge >= 0.3 is 0 Å². The molecular weight excluding hydrogens is 340 g/mol. The summed E-state index contributed by atoms with van der Waals surface area (Å²) < 4.78 is 3.44. The van der Waals surface area contributed by atoms with Crippen molar-refractivity contribution in [1.82, 2.24) is 19.9 Å². The molecule has 3 aromatic rings. The van der Waals surface area contributed by atoms with Crippen molar-refractivity contribution in [1.29, 1.82) is 0 Å². The summed E-state index contributed by atoms with van der Waals surface area (Å²) in [7, 11) is 0. The largest absolute Gasteiger partial charge is 0.319 e. The Kier molecular flexibility index (Phi) is 3.68. The van der Waals surface area contributed by atoms with E-state index < -0.39 is 0 Å². The molecule has 1 aliphatic rings. The van der Waals surface area contributed by atoms with Crippen LogP contribution in [-0.2, 0) is 0 Å². The van der Waals surface area contributed by atoms with Gasteiger partial charge in [0.05, 0.1) is 11.0 Å². The van der Waals surface area contributed by atoms with E-state index in [-0.39, 0.29) is 0 Å². The predicted molar refractivity (Wildman–Crippen MR) is 91.8 cm³/mol. The van der Waals surface area contributed by atoms with Gasteiger partial charge in [0.1, 0.15) is 5.69 Å². The summed E-state index contributed by atoms with van der Waals surface area (Å²) in [5.74, 6) is 0.973. The number of hydrogen-bond acceptors (Lipinski definition) is 3. The minimum atomic E-state index is 0.476. The van der Waals surface area contributed by atoms with Gasteiger partial charge in [-0.05, 0) is 56.3 Å². The second-order valence-corrected chi connectivity index (χ2v) is 6.55. The van der Waals surface area contributed by atoms with Crippen LogP contribution in [0.15, 0.2) is 47.1 Å². The van der Waals surface area contributed by atoms with Gasteiger partial charge in [-0.15, -0.1) is 0 Å². The summed E-state index contributed by atoms with van der Waals surface area (Å²) in [6.45, 7) is 2.12. The minimum Gasteiger partial charge on any atom is -0.319 e. The van der Waals surface area contributed by atoms with Gasteiger partial charge in [0, 0.05) is 16.7 Å². The van der Waals surface area contributed by atoms with E-state index in [0.29, 0.717) is 6.04 Å². The first-order valence-electron chi connectivity index (χ1n) is 7.62. The SMILES string of the molecule is Brc1ccc2c(c1)nc(-c1ccccn1)n2C1CCNCC1. The summed E-state index contributed by atoms with van der Waals surface area (Å²) in [6.07, 6.45) is 4.08. The molecule has 2 aromatic heterocycles. The molecule has 1 aliphatic heterocycles.